The maximum absolute atomic E-state index is 11.8. The summed E-state index contributed by atoms with van der Waals surface area (Å²) in [7, 11) is 0. The fourth-order valence-electron chi connectivity index (χ4n) is 1.78. The van der Waals surface area contributed by atoms with E-state index in [1.165, 1.54) is 6.92 Å². The summed E-state index contributed by atoms with van der Waals surface area (Å²) in [6.45, 7) is 8.39. The summed E-state index contributed by atoms with van der Waals surface area (Å²) in [6.07, 6.45) is 0.555. The number of carbonyl (C=O) groups excluding carboxylic acids is 3. The number of rotatable bonds is 8. The average Bonchev–Trinajstić information content (AvgIpc) is 2.43. The molecule has 0 spiro atoms. The van der Waals surface area contributed by atoms with Crippen LogP contribution in [0, 0.1) is 5.92 Å². The molecule has 21 heavy (non-hydrogen) atoms. The fourth-order valence-corrected chi connectivity index (χ4v) is 1.78. The van der Waals surface area contributed by atoms with Gasteiger partial charge < -0.3 is 14.2 Å². The fraction of sp³-hybridized carbons (Fsp3) is 0.667. The predicted octanol–water partition coefficient (Wildman–Crippen LogP) is 2.65. The normalized spacial score (nSPS) is 14.0. The van der Waals surface area contributed by atoms with Crippen LogP contribution in [0.15, 0.2) is 11.6 Å². The number of ether oxygens (including phenoxy) is 3. The number of hydrogen-bond donors (Lipinski definition) is 0. The average molecular weight is 300 g/mol. The molecule has 2 atom stereocenters. The van der Waals surface area contributed by atoms with Crippen LogP contribution < -0.4 is 0 Å². The Kier molecular flexibility index (Phi) is 9.08. The first-order valence-corrected chi connectivity index (χ1v) is 6.99. The molecule has 0 aliphatic rings. The molecule has 0 amide bonds. The third kappa shape index (κ3) is 7.48. The Morgan fingerprint density at radius 1 is 1.10 bits per heavy atom. The van der Waals surface area contributed by atoms with Crippen LogP contribution in [0.4, 0.5) is 4.79 Å². The molecule has 0 aliphatic heterocycles. The number of ketones is 1. The van der Waals surface area contributed by atoms with Crippen LogP contribution in [0.25, 0.3) is 0 Å². The maximum atomic E-state index is 11.8. The van der Waals surface area contributed by atoms with Crippen molar-refractivity contribution in [1.82, 2.24) is 0 Å². The van der Waals surface area contributed by atoms with E-state index in [0.717, 1.165) is 0 Å². The van der Waals surface area contributed by atoms with E-state index >= 15 is 0 Å². The summed E-state index contributed by atoms with van der Waals surface area (Å²) in [4.78, 5) is 34.0. The van der Waals surface area contributed by atoms with Crippen LogP contribution in [0.1, 0.15) is 41.0 Å². The molecule has 0 saturated heterocycles. The second-order valence-electron chi connectivity index (χ2n) is 4.58. The summed E-state index contributed by atoms with van der Waals surface area (Å²) in [5.74, 6) is -0.909. The minimum Gasteiger partial charge on any atom is -0.457 e. The van der Waals surface area contributed by atoms with Gasteiger partial charge in [-0.15, -0.1) is 0 Å². The molecule has 0 rings (SSSR count). The summed E-state index contributed by atoms with van der Waals surface area (Å²) in [6, 6.07) is 0. The molecule has 0 radical (unpaired) electrons. The summed E-state index contributed by atoms with van der Waals surface area (Å²) >= 11 is 0. The van der Waals surface area contributed by atoms with Gasteiger partial charge in [0.15, 0.2) is 0 Å². The van der Waals surface area contributed by atoms with Crippen molar-refractivity contribution in [1.29, 1.82) is 0 Å². The third-order valence-electron chi connectivity index (χ3n) is 2.92. The topological polar surface area (TPSA) is 78.9 Å². The molecule has 0 fully saturated rings. The number of hydrogen-bond acceptors (Lipinski definition) is 6. The van der Waals surface area contributed by atoms with Crippen LogP contribution in [0.5, 0.6) is 0 Å². The lowest BCUT2D eigenvalue weighted by atomic mass is 9.92. The van der Waals surface area contributed by atoms with Gasteiger partial charge in [-0.05, 0) is 25.5 Å². The Hall–Kier alpha value is -1.85. The van der Waals surface area contributed by atoms with Gasteiger partial charge in [-0.25, -0.2) is 4.79 Å². The third-order valence-corrected chi connectivity index (χ3v) is 2.92. The summed E-state index contributed by atoms with van der Waals surface area (Å²) in [5, 5.41) is 0. The van der Waals surface area contributed by atoms with Crippen molar-refractivity contribution in [3.05, 3.63) is 11.6 Å². The predicted molar refractivity (Wildman–Crippen MR) is 76.7 cm³/mol. The van der Waals surface area contributed by atoms with Crippen LogP contribution in [-0.2, 0) is 23.8 Å². The van der Waals surface area contributed by atoms with Gasteiger partial charge in [0.05, 0.1) is 12.5 Å². The monoisotopic (exact) mass is 300 g/mol. The smallest absolute Gasteiger partial charge is 0.457 e. The van der Waals surface area contributed by atoms with Gasteiger partial charge in [-0.1, -0.05) is 13.8 Å². The van der Waals surface area contributed by atoms with Crippen LogP contribution in [0.2, 0.25) is 0 Å². The number of carbonyl (C=O) groups is 3. The summed E-state index contributed by atoms with van der Waals surface area (Å²) < 4.78 is 14.6. The molecular formula is C15H24O6. The van der Waals surface area contributed by atoms with Gasteiger partial charge in [-0.3, -0.25) is 9.59 Å². The minimum atomic E-state index is -0.761. The van der Waals surface area contributed by atoms with Crippen LogP contribution >= 0.6 is 0 Å². The zero-order valence-electron chi connectivity index (χ0n) is 13.3. The largest absolute Gasteiger partial charge is 0.508 e. The van der Waals surface area contributed by atoms with Crippen LogP contribution in [-0.4, -0.2) is 37.2 Å². The molecule has 6 heteroatoms. The van der Waals surface area contributed by atoms with Crippen molar-refractivity contribution in [2.45, 2.75) is 47.1 Å². The van der Waals surface area contributed by atoms with Gasteiger partial charge in [0.25, 0.3) is 0 Å². The van der Waals surface area contributed by atoms with E-state index in [-0.39, 0.29) is 19.0 Å². The van der Waals surface area contributed by atoms with Crippen molar-refractivity contribution in [2.75, 3.05) is 13.2 Å². The Bertz CT molecular complexity index is 399. The molecule has 0 aromatic carbocycles. The lowest BCUT2D eigenvalue weighted by Gasteiger charge is -2.23. The number of esters is 1. The second-order valence-corrected chi connectivity index (χ2v) is 4.58. The molecule has 0 N–H and O–H groups in total. The number of Topliss-reactive ketones (excluding diaryl/α,β-unsaturated/α-hetero) is 1. The molecule has 0 bridgehead atoms. The van der Waals surface area contributed by atoms with Gasteiger partial charge in [0, 0.05) is 13.3 Å². The highest BCUT2D eigenvalue weighted by Gasteiger charge is 2.26. The van der Waals surface area contributed by atoms with Gasteiger partial charge >= 0.3 is 12.1 Å². The SMILES string of the molecule is CCOC(=O)OC/C=C(/C)[C@H](OC(C)=O)[C@@H](C)C(=O)CC. The molecule has 6 nitrogen and oxygen atoms in total. The minimum absolute atomic E-state index is 0.000288. The first kappa shape index (κ1) is 19.1. The zero-order chi connectivity index (χ0) is 16.4. The molecule has 0 aromatic heterocycles. The van der Waals surface area contributed by atoms with E-state index < -0.39 is 24.1 Å². The standard InChI is InChI=1S/C15H24O6/c1-6-13(17)11(4)14(21-12(5)16)10(3)8-9-20-15(18)19-7-2/h8,11,14H,6-7,9H2,1-5H3/b10-8-/t11-,14-/m0/s1. The Labute approximate surface area is 125 Å². The molecule has 0 aliphatic carbocycles. The first-order chi connectivity index (χ1) is 9.83. The molecule has 120 valence electrons. The van der Waals surface area contributed by atoms with Gasteiger partial charge in [-0.2, -0.15) is 0 Å². The van der Waals surface area contributed by atoms with E-state index in [0.29, 0.717) is 12.0 Å². The van der Waals surface area contributed by atoms with Crippen LogP contribution in [0.3, 0.4) is 0 Å². The summed E-state index contributed by atoms with van der Waals surface area (Å²) in [5.41, 5.74) is 0.656. The van der Waals surface area contributed by atoms with Crippen molar-refractivity contribution in [2.24, 2.45) is 5.92 Å². The molecular weight excluding hydrogens is 276 g/mol. The van der Waals surface area contributed by atoms with E-state index in [2.05, 4.69) is 4.74 Å². The second kappa shape index (κ2) is 9.96. The first-order valence-electron chi connectivity index (χ1n) is 6.99. The zero-order valence-corrected chi connectivity index (χ0v) is 13.3. The van der Waals surface area contributed by atoms with E-state index in [4.69, 9.17) is 9.47 Å². The van der Waals surface area contributed by atoms with Gasteiger partial charge in [0.2, 0.25) is 0 Å². The van der Waals surface area contributed by atoms with Gasteiger partial charge in [0.1, 0.15) is 18.5 Å². The van der Waals surface area contributed by atoms with Crippen molar-refractivity contribution >= 4 is 17.9 Å². The van der Waals surface area contributed by atoms with E-state index in [1.54, 1.807) is 33.8 Å². The molecule has 0 unspecified atom stereocenters. The van der Waals surface area contributed by atoms with Crippen molar-refractivity contribution in [3.8, 4) is 0 Å². The highest BCUT2D eigenvalue weighted by Crippen LogP contribution is 2.19. The highest BCUT2D eigenvalue weighted by molar-refractivity contribution is 5.81. The highest BCUT2D eigenvalue weighted by atomic mass is 16.7. The van der Waals surface area contributed by atoms with Crippen molar-refractivity contribution in [3.63, 3.8) is 0 Å². The van der Waals surface area contributed by atoms with Crippen molar-refractivity contribution < 1.29 is 28.6 Å². The molecule has 0 saturated carbocycles. The quantitative estimate of drug-likeness (QED) is 0.506. The lowest BCUT2D eigenvalue weighted by molar-refractivity contribution is -0.148. The Morgan fingerprint density at radius 2 is 1.71 bits per heavy atom. The van der Waals surface area contributed by atoms with E-state index in [9.17, 15) is 14.4 Å². The lowest BCUT2D eigenvalue weighted by Crippen LogP contribution is -2.31. The Balaban J connectivity index is 4.77. The molecule has 0 heterocycles. The molecule has 0 aromatic rings. The van der Waals surface area contributed by atoms with E-state index in [1.807, 2.05) is 0 Å². The maximum Gasteiger partial charge on any atom is 0.508 e. The Morgan fingerprint density at radius 3 is 2.19 bits per heavy atom.